The van der Waals surface area contributed by atoms with Crippen LogP contribution < -0.4 is 0 Å². The Morgan fingerprint density at radius 3 is 2.32 bits per heavy atom. The van der Waals surface area contributed by atoms with E-state index in [9.17, 15) is 19.3 Å². The molecule has 0 bridgehead atoms. The van der Waals surface area contributed by atoms with Crippen molar-refractivity contribution in [1.82, 2.24) is 25.1 Å². The summed E-state index contributed by atoms with van der Waals surface area (Å²) in [5.41, 5.74) is 2.95. The zero-order chi connectivity index (χ0) is 27.9. The van der Waals surface area contributed by atoms with Gasteiger partial charge < -0.3 is 19.8 Å². The molecule has 1 amide bonds. The highest BCUT2D eigenvalue weighted by molar-refractivity contribution is 7.46. The molecule has 1 atom stereocenters. The van der Waals surface area contributed by atoms with Crippen molar-refractivity contribution in [3.8, 4) is 22.5 Å². The smallest absolute Gasteiger partial charge is 0.471 e. The van der Waals surface area contributed by atoms with E-state index in [-0.39, 0.29) is 24.2 Å². The van der Waals surface area contributed by atoms with Crippen LogP contribution in [-0.2, 0) is 32.0 Å². The van der Waals surface area contributed by atoms with E-state index >= 15 is 0 Å². The predicted octanol–water partition coefficient (Wildman–Crippen LogP) is 3.70. The fourth-order valence-electron chi connectivity index (χ4n) is 4.12. The lowest BCUT2D eigenvalue weighted by molar-refractivity contribution is -0.153. The van der Waals surface area contributed by atoms with Crippen LogP contribution in [-0.4, -0.2) is 57.9 Å². The van der Waals surface area contributed by atoms with Crippen LogP contribution in [0.25, 0.3) is 22.5 Å². The molecule has 3 N–H and O–H groups in total. The van der Waals surface area contributed by atoms with Gasteiger partial charge in [-0.1, -0.05) is 75.7 Å². The quantitative estimate of drug-likeness (QED) is 0.269. The highest BCUT2D eigenvalue weighted by Gasteiger charge is 2.32. The summed E-state index contributed by atoms with van der Waals surface area (Å²) < 4.78 is 16.8. The first-order valence-corrected chi connectivity index (χ1v) is 13.7. The maximum absolute atomic E-state index is 13.0. The number of tetrazole rings is 1. The van der Waals surface area contributed by atoms with Crippen molar-refractivity contribution in [3.63, 3.8) is 0 Å². The number of carbonyl (C=O) groups excluding carboxylic acids is 1. The minimum absolute atomic E-state index is 0.164. The van der Waals surface area contributed by atoms with Gasteiger partial charge in [0.2, 0.25) is 5.91 Å². The first-order valence-electron chi connectivity index (χ1n) is 12.2. The van der Waals surface area contributed by atoms with Crippen molar-refractivity contribution in [2.24, 2.45) is 5.92 Å². The SMILES string of the molecule is CCCCC(=O)N(Cc1ccc(-c2ccccc2-c2nnnn2COP(=O)(O)O)cc1)[C@H](C(=O)O)C(C)C. The van der Waals surface area contributed by atoms with Crippen molar-refractivity contribution in [2.75, 3.05) is 0 Å². The molecular formula is C25H32N5O7P. The van der Waals surface area contributed by atoms with Crippen LogP contribution in [0.4, 0.5) is 0 Å². The standard InChI is InChI=1S/C25H32N5O7P/c1-4-5-10-22(31)29(23(17(2)3)25(32)33)15-18-11-13-19(14-12-18)20-8-6-7-9-21(20)24-26-27-28-30(24)16-37-38(34,35)36/h6-9,11-14,17,23H,4-5,10,15-16H2,1-3H3,(H,32,33)(H2,34,35,36)/t23-/m0/s1. The summed E-state index contributed by atoms with van der Waals surface area (Å²) in [5, 5.41) is 21.2. The molecule has 0 unspecified atom stereocenters. The van der Waals surface area contributed by atoms with Gasteiger partial charge in [0.1, 0.15) is 6.04 Å². The van der Waals surface area contributed by atoms with Gasteiger partial charge in [0.25, 0.3) is 0 Å². The van der Waals surface area contributed by atoms with Crippen molar-refractivity contribution in [1.29, 1.82) is 0 Å². The molecule has 1 heterocycles. The first-order chi connectivity index (χ1) is 18.0. The number of unbranched alkanes of at least 4 members (excludes halogenated alkanes) is 1. The van der Waals surface area contributed by atoms with Crippen molar-refractivity contribution < 1.29 is 33.6 Å². The van der Waals surface area contributed by atoms with Gasteiger partial charge in [-0.05, 0) is 39.5 Å². The van der Waals surface area contributed by atoms with E-state index in [1.807, 2.05) is 43.3 Å². The summed E-state index contributed by atoms with van der Waals surface area (Å²) in [7, 11) is -4.72. The molecule has 12 nitrogen and oxygen atoms in total. The number of carbonyl (C=O) groups is 2. The van der Waals surface area contributed by atoms with Gasteiger partial charge in [0.15, 0.2) is 12.6 Å². The van der Waals surface area contributed by atoms with Gasteiger partial charge in [-0.25, -0.2) is 9.36 Å². The average Bonchev–Trinajstić information content (AvgIpc) is 3.34. The number of benzene rings is 2. The average molecular weight is 546 g/mol. The molecule has 0 aliphatic rings. The monoisotopic (exact) mass is 545 g/mol. The van der Waals surface area contributed by atoms with Crippen LogP contribution in [0.15, 0.2) is 48.5 Å². The Morgan fingerprint density at radius 1 is 1.08 bits per heavy atom. The number of aliphatic carboxylic acids is 1. The highest BCUT2D eigenvalue weighted by Crippen LogP contribution is 2.37. The van der Waals surface area contributed by atoms with Gasteiger partial charge in [-0.15, -0.1) is 5.10 Å². The van der Waals surface area contributed by atoms with Gasteiger partial charge in [0, 0.05) is 18.5 Å². The lowest BCUT2D eigenvalue weighted by atomic mass is 9.97. The molecule has 0 spiro atoms. The van der Waals surface area contributed by atoms with Crippen LogP contribution in [0.5, 0.6) is 0 Å². The summed E-state index contributed by atoms with van der Waals surface area (Å²) >= 11 is 0. The summed E-state index contributed by atoms with van der Waals surface area (Å²) in [4.78, 5) is 44.4. The molecule has 0 saturated heterocycles. The van der Waals surface area contributed by atoms with Crippen LogP contribution >= 0.6 is 7.82 Å². The van der Waals surface area contributed by atoms with Gasteiger partial charge >= 0.3 is 13.8 Å². The highest BCUT2D eigenvalue weighted by atomic mass is 31.2. The maximum atomic E-state index is 13.0. The Bertz CT molecular complexity index is 1290. The van der Waals surface area contributed by atoms with Crippen molar-refractivity contribution >= 4 is 19.7 Å². The normalized spacial score (nSPS) is 12.5. The summed E-state index contributed by atoms with van der Waals surface area (Å²) in [6, 6.07) is 13.7. The zero-order valence-corrected chi connectivity index (χ0v) is 22.4. The Balaban J connectivity index is 1.89. The van der Waals surface area contributed by atoms with Gasteiger partial charge in [-0.3, -0.25) is 9.32 Å². The third-order valence-corrected chi connectivity index (χ3v) is 6.40. The zero-order valence-electron chi connectivity index (χ0n) is 21.5. The molecule has 3 aromatic rings. The van der Waals surface area contributed by atoms with Crippen LogP contribution in [0.1, 0.15) is 45.6 Å². The number of hydrogen-bond acceptors (Lipinski definition) is 7. The van der Waals surface area contributed by atoms with E-state index in [4.69, 9.17) is 9.79 Å². The maximum Gasteiger partial charge on any atom is 0.471 e. The molecule has 1 aromatic heterocycles. The Kier molecular flexibility index (Phi) is 9.87. The largest absolute Gasteiger partial charge is 0.480 e. The second kappa shape index (κ2) is 12.9. The first kappa shape index (κ1) is 29.1. The molecule has 13 heteroatoms. The number of nitrogens with zero attached hydrogens (tertiary/aromatic N) is 5. The van der Waals surface area contributed by atoms with Crippen molar-refractivity contribution in [2.45, 2.75) is 59.4 Å². The van der Waals surface area contributed by atoms with Gasteiger partial charge in [0.05, 0.1) is 0 Å². The molecule has 204 valence electrons. The van der Waals surface area contributed by atoms with Crippen LogP contribution in [0, 0.1) is 5.92 Å². The van der Waals surface area contributed by atoms with Crippen LogP contribution in [0.2, 0.25) is 0 Å². The molecule has 3 rings (SSSR count). The number of rotatable bonds is 13. The molecule has 0 radical (unpaired) electrons. The predicted molar refractivity (Wildman–Crippen MR) is 138 cm³/mol. The molecule has 2 aromatic carbocycles. The molecule has 0 saturated carbocycles. The van der Waals surface area contributed by atoms with E-state index in [1.165, 1.54) is 4.90 Å². The van der Waals surface area contributed by atoms with Gasteiger partial charge in [-0.2, -0.15) is 4.68 Å². The minimum atomic E-state index is -4.72. The van der Waals surface area contributed by atoms with E-state index < -0.39 is 26.6 Å². The van der Waals surface area contributed by atoms with E-state index in [2.05, 4.69) is 20.0 Å². The number of aromatic nitrogens is 4. The number of amides is 1. The molecule has 0 fully saturated rings. The van der Waals surface area contributed by atoms with Crippen LogP contribution in [0.3, 0.4) is 0 Å². The molecular weight excluding hydrogens is 513 g/mol. The van der Waals surface area contributed by atoms with E-state index in [0.29, 0.717) is 18.4 Å². The Labute approximate surface area is 220 Å². The van der Waals surface area contributed by atoms with E-state index in [0.717, 1.165) is 27.8 Å². The molecule has 0 aliphatic carbocycles. The Hall–Kier alpha value is -3.44. The fraction of sp³-hybridized carbons (Fsp3) is 0.400. The summed E-state index contributed by atoms with van der Waals surface area (Å²) in [6.07, 6.45) is 1.81. The number of carboxylic acid groups (broad SMARTS) is 1. The summed E-state index contributed by atoms with van der Waals surface area (Å²) in [6.45, 7) is 5.18. The fourth-order valence-corrected chi connectivity index (χ4v) is 4.38. The second-order valence-electron chi connectivity index (χ2n) is 9.15. The molecule has 38 heavy (non-hydrogen) atoms. The number of hydrogen-bond donors (Lipinski definition) is 3. The van der Waals surface area contributed by atoms with Crippen molar-refractivity contribution in [3.05, 3.63) is 54.1 Å². The topological polar surface area (TPSA) is 168 Å². The summed E-state index contributed by atoms with van der Waals surface area (Å²) in [5.74, 6) is -1.22. The number of phosphoric acid groups is 1. The number of phosphoric ester groups is 1. The van der Waals surface area contributed by atoms with E-state index in [1.54, 1.807) is 26.0 Å². The number of carboxylic acids is 1. The Morgan fingerprint density at radius 2 is 1.74 bits per heavy atom. The minimum Gasteiger partial charge on any atom is -0.480 e. The third-order valence-electron chi connectivity index (χ3n) is 5.95. The lowest BCUT2D eigenvalue weighted by Crippen LogP contribution is -2.47. The third kappa shape index (κ3) is 7.55. The lowest BCUT2D eigenvalue weighted by Gasteiger charge is -2.32. The second-order valence-corrected chi connectivity index (χ2v) is 10.4. The molecule has 0 aliphatic heterocycles.